The lowest BCUT2D eigenvalue weighted by molar-refractivity contribution is -0.131. The lowest BCUT2D eigenvalue weighted by Crippen LogP contribution is -2.31. The SMILES string of the molecule is Cc1ccc2c(CC(=O)N3CCC[C@H]3c3cnn(C)c3)c[nH]c2c1. The highest BCUT2D eigenvalue weighted by atomic mass is 16.2. The minimum absolute atomic E-state index is 0.165. The second-order valence-electron chi connectivity index (χ2n) is 6.73. The van der Waals surface area contributed by atoms with Crippen LogP contribution in [0.4, 0.5) is 0 Å². The first kappa shape index (κ1) is 15.0. The molecule has 2 aromatic heterocycles. The van der Waals surface area contributed by atoms with Crippen LogP contribution in [0, 0.1) is 6.92 Å². The third kappa shape index (κ3) is 2.60. The third-order valence-electron chi connectivity index (χ3n) is 4.95. The number of nitrogens with one attached hydrogen (secondary N) is 1. The number of benzene rings is 1. The van der Waals surface area contributed by atoms with Crippen molar-refractivity contribution in [1.82, 2.24) is 19.7 Å². The number of likely N-dealkylation sites (tertiary alicyclic amines) is 1. The molecule has 0 aliphatic carbocycles. The molecule has 3 aromatic rings. The summed E-state index contributed by atoms with van der Waals surface area (Å²) in [6, 6.07) is 6.49. The quantitative estimate of drug-likeness (QED) is 0.805. The minimum atomic E-state index is 0.165. The first-order valence-corrected chi connectivity index (χ1v) is 8.46. The second kappa shape index (κ2) is 5.82. The number of carbonyl (C=O) groups is 1. The maximum atomic E-state index is 12.9. The summed E-state index contributed by atoms with van der Waals surface area (Å²) in [5.74, 6) is 0.197. The summed E-state index contributed by atoms with van der Waals surface area (Å²) >= 11 is 0. The van der Waals surface area contributed by atoms with Gasteiger partial charge in [-0.05, 0) is 37.0 Å². The summed E-state index contributed by atoms with van der Waals surface area (Å²) in [7, 11) is 1.92. The average Bonchev–Trinajstić information content (AvgIpc) is 3.26. The fraction of sp³-hybridized carbons (Fsp3) is 0.368. The van der Waals surface area contributed by atoms with E-state index in [9.17, 15) is 4.79 Å². The van der Waals surface area contributed by atoms with Crippen molar-refractivity contribution < 1.29 is 4.79 Å². The number of aromatic amines is 1. The number of amides is 1. The summed E-state index contributed by atoms with van der Waals surface area (Å²) in [5.41, 5.74) is 4.53. The molecule has 0 radical (unpaired) electrons. The molecule has 0 bridgehead atoms. The molecule has 0 saturated carbocycles. The number of hydrogen-bond acceptors (Lipinski definition) is 2. The number of carbonyl (C=O) groups excluding carboxylic acids is 1. The van der Waals surface area contributed by atoms with E-state index in [1.54, 1.807) is 4.68 Å². The fourth-order valence-electron chi connectivity index (χ4n) is 3.73. The number of fused-ring (bicyclic) bond motifs is 1. The molecule has 1 amide bonds. The Hall–Kier alpha value is -2.56. The van der Waals surface area contributed by atoms with Crippen molar-refractivity contribution in [3.63, 3.8) is 0 Å². The first-order valence-electron chi connectivity index (χ1n) is 8.46. The molecule has 1 aliphatic heterocycles. The fourth-order valence-corrected chi connectivity index (χ4v) is 3.73. The molecule has 24 heavy (non-hydrogen) atoms. The Morgan fingerprint density at radius 2 is 2.29 bits per heavy atom. The van der Waals surface area contributed by atoms with Crippen LogP contribution in [0.15, 0.2) is 36.8 Å². The van der Waals surface area contributed by atoms with Crippen LogP contribution >= 0.6 is 0 Å². The Morgan fingerprint density at radius 1 is 1.42 bits per heavy atom. The number of aryl methyl sites for hydroxylation is 2. The summed E-state index contributed by atoms with van der Waals surface area (Å²) in [5, 5.41) is 5.40. The standard InChI is InChI=1S/C19H22N4O/c1-13-5-6-16-14(10-20-17(16)8-13)9-19(24)23-7-3-4-18(23)15-11-21-22(2)12-15/h5-6,8,10-12,18,20H,3-4,7,9H2,1-2H3/t18-/m0/s1. The zero-order valence-corrected chi connectivity index (χ0v) is 14.1. The Morgan fingerprint density at radius 3 is 3.08 bits per heavy atom. The maximum Gasteiger partial charge on any atom is 0.227 e. The van der Waals surface area contributed by atoms with Crippen LogP contribution in [-0.4, -0.2) is 32.1 Å². The summed E-state index contributed by atoms with van der Waals surface area (Å²) in [4.78, 5) is 18.2. The van der Waals surface area contributed by atoms with Gasteiger partial charge in [0, 0.05) is 42.5 Å². The molecule has 1 atom stereocenters. The van der Waals surface area contributed by atoms with Crippen LogP contribution in [0.2, 0.25) is 0 Å². The van der Waals surface area contributed by atoms with Gasteiger partial charge < -0.3 is 9.88 Å². The van der Waals surface area contributed by atoms with E-state index in [2.05, 4.69) is 35.2 Å². The molecule has 1 N–H and O–H groups in total. The van der Waals surface area contributed by atoms with Crippen LogP contribution in [-0.2, 0) is 18.3 Å². The van der Waals surface area contributed by atoms with Crippen molar-refractivity contribution in [3.05, 3.63) is 53.5 Å². The van der Waals surface area contributed by atoms with E-state index < -0.39 is 0 Å². The van der Waals surface area contributed by atoms with Crippen molar-refractivity contribution in [2.24, 2.45) is 7.05 Å². The van der Waals surface area contributed by atoms with Gasteiger partial charge in [-0.1, -0.05) is 12.1 Å². The average molecular weight is 322 g/mol. The van der Waals surface area contributed by atoms with Crippen molar-refractivity contribution in [1.29, 1.82) is 0 Å². The van der Waals surface area contributed by atoms with Crippen LogP contribution < -0.4 is 0 Å². The number of hydrogen-bond donors (Lipinski definition) is 1. The van der Waals surface area contributed by atoms with E-state index in [-0.39, 0.29) is 11.9 Å². The van der Waals surface area contributed by atoms with Crippen LogP contribution in [0.1, 0.15) is 35.6 Å². The van der Waals surface area contributed by atoms with Crippen molar-refractivity contribution >= 4 is 16.8 Å². The molecule has 0 unspecified atom stereocenters. The Balaban J connectivity index is 1.56. The predicted octanol–water partition coefficient (Wildman–Crippen LogP) is 3.12. The van der Waals surface area contributed by atoms with E-state index in [0.29, 0.717) is 6.42 Å². The monoisotopic (exact) mass is 322 g/mol. The van der Waals surface area contributed by atoms with Gasteiger partial charge in [-0.3, -0.25) is 9.48 Å². The Labute approximate surface area is 141 Å². The smallest absolute Gasteiger partial charge is 0.227 e. The molecule has 4 rings (SSSR count). The van der Waals surface area contributed by atoms with Gasteiger partial charge in [0.1, 0.15) is 0 Å². The highest BCUT2D eigenvalue weighted by Gasteiger charge is 2.30. The van der Waals surface area contributed by atoms with Crippen LogP contribution in [0.25, 0.3) is 10.9 Å². The van der Waals surface area contributed by atoms with Gasteiger partial charge in [0.2, 0.25) is 5.91 Å². The van der Waals surface area contributed by atoms with E-state index in [0.717, 1.165) is 41.4 Å². The normalized spacial score (nSPS) is 17.8. The van der Waals surface area contributed by atoms with Gasteiger partial charge in [0.15, 0.2) is 0 Å². The van der Waals surface area contributed by atoms with Crippen LogP contribution in [0.3, 0.4) is 0 Å². The molecule has 1 aromatic carbocycles. The van der Waals surface area contributed by atoms with Gasteiger partial charge in [0.25, 0.3) is 0 Å². The molecule has 1 aliphatic rings. The molecular weight excluding hydrogens is 300 g/mol. The molecule has 5 nitrogen and oxygen atoms in total. The van der Waals surface area contributed by atoms with Crippen LogP contribution in [0.5, 0.6) is 0 Å². The number of aromatic nitrogens is 3. The topological polar surface area (TPSA) is 53.9 Å². The highest BCUT2D eigenvalue weighted by molar-refractivity contribution is 5.89. The molecule has 124 valence electrons. The highest BCUT2D eigenvalue weighted by Crippen LogP contribution is 2.32. The molecule has 1 fully saturated rings. The zero-order valence-electron chi connectivity index (χ0n) is 14.1. The number of nitrogens with zero attached hydrogens (tertiary/aromatic N) is 3. The minimum Gasteiger partial charge on any atom is -0.361 e. The number of H-pyrrole nitrogens is 1. The van der Waals surface area contributed by atoms with Gasteiger partial charge in [-0.2, -0.15) is 5.10 Å². The summed E-state index contributed by atoms with van der Waals surface area (Å²) < 4.78 is 1.80. The van der Waals surface area contributed by atoms with Crippen molar-refractivity contribution in [3.8, 4) is 0 Å². The zero-order chi connectivity index (χ0) is 16.7. The largest absolute Gasteiger partial charge is 0.361 e. The molecule has 1 saturated heterocycles. The van der Waals surface area contributed by atoms with Gasteiger partial charge in [0.05, 0.1) is 18.7 Å². The first-order chi connectivity index (χ1) is 11.6. The van der Waals surface area contributed by atoms with Gasteiger partial charge in [-0.15, -0.1) is 0 Å². The molecule has 0 spiro atoms. The van der Waals surface area contributed by atoms with Crippen molar-refractivity contribution in [2.45, 2.75) is 32.2 Å². The summed E-state index contributed by atoms with van der Waals surface area (Å²) in [6.07, 6.45) is 8.38. The Bertz CT molecular complexity index is 892. The second-order valence-corrected chi connectivity index (χ2v) is 6.73. The van der Waals surface area contributed by atoms with E-state index in [1.165, 1.54) is 5.56 Å². The van der Waals surface area contributed by atoms with E-state index in [1.807, 2.05) is 30.5 Å². The molecular formula is C19H22N4O. The van der Waals surface area contributed by atoms with Gasteiger partial charge in [-0.25, -0.2) is 0 Å². The van der Waals surface area contributed by atoms with Crippen molar-refractivity contribution in [2.75, 3.05) is 6.54 Å². The molecule has 3 heterocycles. The van der Waals surface area contributed by atoms with Gasteiger partial charge >= 0.3 is 0 Å². The lowest BCUT2D eigenvalue weighted by Gasteiger charge is -2.24. The Kier molecular flexibility index (Phi) is 3.63. The predicted molar refractivity (Wildman–Crippen MR) is 93.6 cm³/mol. The molecule has 5 heteroatoms. The third-order valence-corrected chi connectivity index (χ3v) is 4.95. The number of rotatable bonds is 3. The van der Waals surface area contributed by atoms with E-state index >= 15 is 0 Å². The summed E-state index contributed by atoms with van der Waals surface area (Å²) in [6.45, 7) is 2.91. The van der Waals surface area contributed by atoms with E-state index in [4.69, 9.17) is 0 Å². The lowest BCUT2D eigenvalue weighted by atomic mass is 10.1. The maximum absolute atomic E-state index is 12.9.